The maximum absolute atomic E-state index is 4.26. The molecule has 3 rings (SSSR count). The highest BCUT2D eigenvalue weighted by Gasteiger charge is 2.08. The summed E-state index contributed by atoms with van der Waals surface area (Å²) in [6.45, 7) is 0. The molecule has 0 aliphatic heterocycles. The lowest BCUT2D eigenvalue weighted by Crippen LogP contribution is -1.84. The second-order valence-electron chi connectivity index (χ2n) is 3.40. The van der Waals surface area contributed by atoms with Gasteiger partial charge in [0.15, 0.2) is 0 Å². The van der Waals surface area contributed by atoms with Crippen molar-refractivity contribution in [2.24, 2.45) is 7.05 Å². The van der Waals surface area contributed by atoms with E-state index in [-0.39, 0.29) is 0 Å². The summed E-state index contributed by atoms with van der Waals surface area (Å²) in [5.74, 6) is 0. The summed E-state index contributed by atoms with van der Waals surface area (Å²) in [6, 6.07) is 1.95. The molecular formula is C10H9N5. The Labute approximate surface area is 85.8 Å². The molecule has 0 aliphatic rings. The van der Waals surface area contributed by atoms with E-state index in [0.29, 0.717) is 0 Å². The third kappa shape index (κ3) is 1.20. The fourth-order valence-corrected chi connectivity index (χ4v) is 1.63. The van der Waals surface area contributed by atoms with Crippen molar-refractivity contribution in [3.8, 4) is 11.3 Å². The molecule has 3 aromatic heterocycles. The van der Waals surface area contributed by atoms with Crippen LogP contribution in [0.2, 0.25) is 0 Å². The van der Waals surface area contributed by atoms with E-state index in [4.69, 9.17) is 0 Å². The van der Waals surface area contributed by atoms with Crippen molar-refractivity contribution >= 4 is 10.9 Å². The van der Waals surface area contributed by atoms with Crippen LogP contribution in [0.15, 0.2) is 30.9 Å². The van der Waals surface area contributed by atoms with Crippen molar-refractivity contribution in [3.63, 3.8) is 0 Å². The van der Waals surface area contributed by atoms with Gasteiger partial charge in [-0.15, -0.1) is 0 Å². The summed E-state index contributed by atoms with van der Waals surface area (Å²) in [4.78, 5) is 4.03. The zero-order valence-electron chi connectivity index (χ0n) is 8.18. The Morgan fingerprint density at radius 2 is 2.27 bits per heavy atom. The lowest BCUT2D eigenvalue weighted by molar-refractivity contribution is 0.768. The molecule has 0 saturated carbocycles. The fourth-order valence-electron chi connectivity index (χ4n) is 1.63. The van der Waals surface area contributed by atoms with Crippen molar-refractivity contribution in [1.82, 2.24) is 25.0 Å². The highest BCUT2D eigenvalue weighted by atomic mass is 15.2. The molecule has 0 atom stereocenters. The van der Waals surface area contributed by atoms with Crippen molar-refractivity contribution < 1.29 is 0 Å². The monoisotopic (exact) mass is 199 g/mol. The summed E-state index contributed by atoms with van der Waals surface area (Å²) < 4.78 is 1.76. The molecule has 3 heterocycles. The lowest BCUT2D eigenvalue weighted by Gasteiger charge is -1.90. The van der Waals surface area contributed by atoms with Gasteiger partial charge in [-0.3, -0.25) is 14.8 Å². The van der Waals surface area contributed by atoms with Crippen LogP contribution in [-0.2, 0) is 7.05 Å². The van der Waals surface area contributed by atoms with E-state index in [1.807, 2.05) is 19.3 Å². The fraction of sp³-hybridized carbons (Fsp3) is 0.100. The molecule has 0 aromatic carbocycles. The van der Waals surface area contributed by atoms with E-state index in [2.05, 4.69) is 20.3 Å². The Hall–Kier alpha value is -2.17. The van der Waals surface area contributed by atoms with Crippen LogP contribution in [0.3, 0.4) is 0 Å². The molecule has 74 valence electrons. The Morgan fingerprint density at radius 3 is 3.07 bits per heavy atom. The van der Waals surface area contributed by atoms with Gasteiger partial charge in [-0.05, 0) is 6.07 Å². The van der Waals surface area contributed by atoms with Crippen LogP contribution in [-0.4, -0.2) is 25.0 Å². The molecule has 0 fully saturated rings. The van der Waals surface area contributed by atoms with Crippen LogP contribution in [0.5, 0.6) is 0 Å². The summed E-state index contributed by atoms with van der Waals surface area (Å²) >= 11 is 0. The second-order valence-corrected chi connectivity index (χ2v) is 3.40. The number of aromatic amines is 1. The summed E-state index contributed by atoms with van der Waals surface area (Å²) in [5, 5.41) is 12.4. The Bertz CT molecular complexity index is 607. The maximum atomic E-state index is 4.26. The molecule has 0 aliphatic carbocycles. The van der Waals surface area contributed by atoms with E-state index in [1.54, 1.807) is 23.3 Å². The highest BCUT2D eigenvalue weighted by molar-refractivity contribution is 5.91. The van der Waals surface area contributed by atoms with Crippen molar-refractivity contribution in [3.05, 3.63) is 30.9 Å². The van der Waals surface area contributed by atoms with Crippen LogP contribution in [0.1, 0.15) is 0 Å². The van der Waals surface area contributed by atoms with Crippen LogP contribution < -0.4 is 0 Å². The minimum Gasteiger partial charge on any atom is -0.276 e. The molecule has 1 N–H and O–H groups in total. The van der Waals surface area contributed by atoms with E-state index < -0.39 is 0 Å². The van der Waals surface area contributed by atoms with Crippen molar-refractivity contribution in [1.29, 1.82) is 0 Å². The first-order chi connectivity index (χ1) is 7.34. The predicted molar refractivity (Wildman–Crippen MR) is 56.1 cm³/mol. The van der Waals surface area contributed by atoms with Gasteiger partial charge in [0.05, 0.1) is 17.9 Å². The van der Waals surface area contributed by atoms with Crippen LogP contribution in [0, 0.1) is 0 Å². The van der Waals surface area contributed by atoms with E-state index in [1.165, 1.54) is 0 Å². The van der Waals surface area contributed by atoms with Gasteiger partial charge in [0.1, 0.15) is 5.69 Å². The minimum absolute atomic E-state index is 0.917. The number of nitrogens with one attached hydrogen (secondary N) is 1. The first kappa shape index (κ1) is 8.16. The standard InChI is InChI=1S/C10H9N5/c1-15-6-7(4-12-15)10-8-2-3-11-5-9(8)13-14-10/h2-6H,1H3,(H,13,14). The van der Waals surface area contributed by atoms with Crippen LogP contribution >= 0.6 is 0 Å². The van der Waals surface area contributed by atoms with Crippen molar-refractivity contribution in [2.45, 2.75) is 0 Å². The number of fused-ring (bicyclic) bond motifs is 1. The van der Waals surface area contributed by atoms with Crippen LogP contribution in [0.25, 0.3) is 22.2 Å². The Morgan fingerprint density at radius 1 is 1.33 bits per heavy atom. The lowest BCUT2D eigenvalue weighted by atomic mass is 10.2. The molecule has 0 spiro atoms. The molecule has 5 heteroatoms. The Balaban J connectivity index is 2.27. The summed E-state index contributed by atoms with van der Waals surface area (Å²) in [7, 11) is 1.89. The summed E-state index contributed by atoms with van der Waals surface area (Å²) in [6.07, 6.45) is 7.27. The number of hydrogen-bond acceptors (Lipinski definition) is 3. The van der Waals surface area contributed by atoms with Gasteiger partial charge in [-0.1, -0.05) is 0 Å². The number of aromatic nitrogens is 5. The first-order valence-corrected chi connectivity index (χ1v) is 4.62. The van der Waals surface area contributed by atoms with E-state index in [0.717, 1.165) is 22.2 Å². The molecule has 0 bridgehead atoms. The average molecular weight is 199 g/mol. The predicted octanol–water partition coefficient (Wildman–Crippen LogP) is 1.36. The average Bonchev–Trinajstić information content (AvgIpc) is 2.83. The minimum atomic E-state index is 0.917. The number of nitrogens with zero attached hydrogens (tertiary/aromatic N) is 4. The quantitative estimate of drug-likeness (QED) is 0.643. The molecule has 15 heavy (non-hydrogen) atoms. The number of rotatable bonds is 1. The number of pyridine rings is 1. The van der Waals surface area contributed by atoms with E-state index >= 15 is 0 Å². The Kier molecular flexibility index (Phi) is 1.58. The topological polar surface area (TPSA) is 59.4 Å². The molecule has 0 amide bonds. The third-order valence-corrected chi connectivity index (χ3v) is 2.34. The second kappa shape index (κ2) is 2.91. The first-order valence-electron chi connectivity index (χ1n) is 4.62. The molecule has 0 radical (unpaired) electrons. The van der Waals surface area contributed by atoms with Gasteiger partial charge >= 0.3 is 0 Å². The van der Waals surface area contributed by atoms with Gasteiger partial charge < -0.3 is 0 Å². The summed E-state index contributed by atoms with van der Waals surface area (Å²) in [5.41, 5.74) is 2.87. The van der Waals surface area contributed by atoms with Gasteiger partial charge in [0.25, 0.3) is 0 Å². The zero-order chi connectivity index (χ0) is 10.3. The maximum Gasteiger partial charge on any atom is 0.103 e. The van der Waals surface area contributed by atoms with Crippen molar-refractivity contribution in [2.75, 3.05) is 0 Å². The number of hydrogen-bond donors (Lipinski definition) is 1. The smallest absolute Gasteiger partial charge is 0.103 e. The molecular weight excluding hydrogens is 190 g/mol. The SMILES string of the molecule is Cn1cc(-c2n[nH]c3cnccc23)cn1. The van der Waals surface area contributed by atoms with E-state index in [9.17, 15) is 0 Å². The largest absolute Gasteiger partial charge is 0.276 e. The molecule has 3 aromatic rings. The van der Waals surface area contributed by atoms with Gasteiger partial charge in [-0.25, -0.2) is 0 Å². The number of H-pyrrole nitrogens is 1. The van der Waals surface area contributed by atoms with Crippen LogP contribution in [0.4, 0.5) is 0 Å². The van der Waals surface area contributed by atoms with Gasteiger partial charge in [0, 0.05) is 30.4 Å². The van der Waals surface area contributed by atoms with Gasteiger partial charge in [0.2, 0.25) is 0 Å². The molecule has 0 saturated heterocycles. The van der Waals surface area contributed by atoms with Gasteiger partial charge in [-0.2, -0.15) is 10.2 Å². The number of aryl methyl sites for hydroxylation is 1. The molecule has 5 nitrogen and oxygen atoms in total. The highest BCUT2D eigenvalue weighted by Crippen LogP contribution is 2.24. The third-order valence-electron chi connectivity index (χ3n) is 2.34. The zero-order valence-corrected chi connectivity index (χ0v) is 8.18. The normalized spacial score (nSPS) is 11.0. The molecule has 0 unspecified atom stereocenters.